The van der Waals surface area contributed by atoms with Crippen LogP contribution >= 0.6 is 0 Å². The third-order valence-electron chi connectivity index (χ3n) is 9.01. The number of aryl methyl sites for hydroxylation is 2. The molecule has 6 heterocycles. The molecule has 0 atom stereocenters. The van der Waals surface area contributed by atoms with Crippen LogP contribution in [0.25, 0.3) is 33.7 Å². The minimum Gasteiger partial charge on any atom is -0.508 e. The number of H-pyrrole nitrogens is 1. The summed E-state index contributed by atoms with van der Waals surface area (Å²) in [6.07, 6.45) is 5.76. The highest BCUT2D eigenvalue weighted by Crippen LogP contribution is 2.40. The van der Waals surface area contributed by atoms with E-state index in [-0.39, 0.29) is 5.75 Å². The van der Waals surface area contributed by atoms with Crippen LogP contribution < -0.4 is 21.7 Å². The average molecular weight is 757 g/mol. The molecule has 0 aliphatic heterocycles. The molecule has 0 amide bonds. The zero-order valence-corrected chi connectivity index (χ0v) is 30.8. The zero-order valence-electron chi connectivity index (χ0n) is 30.8. The Morgan fingerprint density at radius 2 is 1.30 bits per heavy atom. The maximum Gasteiger partial charge on any atom is 0.228 e. The Hall–Kier alpha value is -7.95. The highest BCUT2D eigenvalue weighted by molar-refractivity contribution is 5.83. The van der Waals surface area contributed by atoms with Gasteiger partial charge in [-0.3, -0.25) is 14.2 Å². The first-order valence-corrected chi connectivity index (χ1v) is 18.2. The number of aromatic nitrogens is 12. The predicted octanol–water partition coefficient (Wildman–Crippen LogP) is 7.16. The summed E-state index contributed by atoms with van der Waals surface area (Å²) in [6, 6.07) is 29.9. The summed E-state index contributed by atoms with van der Waals surface area (Å²) in [6.45, 7) is 3.64. The third-order valence-corrected chi connectivity index (χ3v) is 9.01. The number of nitrogens with zero attached hydrogens (tertiary/aromatic N) is 11. The quantitative estimate of drug-likeness (QED) is 0.0860. The van der Waals surface area contributed by atoms with Crippen molar-refractivity contribution in [3.05, 3.63) is 127 Å². The average Bonchev–Trinajstić information content (AvgIpc) is 3.66. The molecule has 9 aromatic rings. The Kier molecular flexibility index (Phi) is 8.98. The van der Waals surface area contributed by atoms with Crippen LogP contribution in [0.1, 0.15) is 36.1 Å². The van der Waals surface area contributed by atoms with Crippen molar-refractivity contribution in [1.82, 2.24) is 59.2 Å². The predicted molar refractivity (Wildman–Crippen MR) is 218 cm³/mol. The Labute approximate surface area is 325 Å². The van der Waals surface area contributed by atoms with E-state index in [2.05, 4.69) is 56.1 Å². The van der Waals surface area contributed by atoms with Crippen molar-refractivity contribution < 1.29 is 5.11 Å². The number of aromatic hydroxyl groups is 1. The molecule has 1 saturated carbocycles. The van der Waals surface area contributed by atoms with E-state index >= 15 is 0 Å². The topological polar surface area (TPSA) is 224 Å². The summed E-state index contributed by atoms with van der Waals surface area (Å²) in [4.78, 5) is 35.6. The smallest absolute Gasteiger partial charge is 0.228 e. The highest BCUT2D eigenvalue weighted by atomic mass is 16.3. The van der Waals surface area contributed by atoms with Gasteiger partial charge in [-0.05, 0) is 69.2 Å². The molecular formula is C40H36N16O. The number of aromatic amines is 1. The van der Waals surface area contributed by atoms with Gasteiger partial charge in [0.1, 0.15) is 40.7 Å². The normalized spacial score (nSPS) is 12.3. The van der Waals surface area contributed by atoms with Crippen LogP contribution in [-0.2, 0) is 0 Å². The molecule has 0 saturated heterocycles. The van der Waals surface area contributed by atoms with Gasteiger partial charge in [-0.15, -0.1) is 0 Å². The first-order valence-electron chi connectivity index (χ1n) is 18.2. The van der Waals surface area contributed by atoms with E-state index in [0.29, 0.717) is 64.4 Å². The molecule has 0 spiro atoms. The maximum atomic E-state index is 9.82. The number of fused-ring (bicyclic) bond motifs is 2. The number of imidazole rings is 2. The fourth-order valence-electron chi connectivity index (χ4n) is 6.41. The minimum atomic E-state index is 0.167. The fourth-order valence-corrected chi connectivity index (χ4v) is 6.41. The number of hydrogen-bond acceptors (Lipinski definition) is 14. The number of hydrogen-bond donors (Lipinski definition) is 6. The van der Waals surface area contributed by atoms with Crippen LogP contribution in [0.4, 0.5) is 41.0 Å². The van der Waals surface area contributed by atoms with Gasteiger partial charge in [0.25, 0.3) is 0 Å². The van der Waals surface area contributed by atoms with Crippen molar-refractivity contribution in [3.8, 4) is 17.4 Å². The van der Waals surface area contributed by atoms with Crippen molar-refractivity contribution in [1.29, 1.82) is 0 Å². The number of nitrogens with one attached hydrogen (secondary N) is 4. The summed E-state index contributed by atoms with van der Waals surface area (Å²) >= 11 is 0. The monoisotopic (exact) mass is 756 g/mol. The van der Waals surface area contributed by atoms with Crippen LogP contribution in [0.2, 0.25) is 0 Å². The van der Waals surface area contributed by atoms with Gasteiger partial charge in [-0.25, -0.2) is 39.9 Å². The number of nitrogens with two attached hydrogens (primary N) is 1. The Balaban J connectivity index is 0.000000150. The van der Waals surface area contributed by atoms with E-state index in [4.69, 9.17) is 15.7 Å². The molecular weight excluding hydrogens is 721 g/mol. The second-order valence-electron chi connectivity index (χ2n) is 13.4. The Morgan fingerprint density at radius 1 is 0.649 bits per heavy atom. The zero-order chi connectivity index (χ0) is 38.9. The van der Waals surface area contributed by atoms with Crippen molar-refractivity contribution in [2.75, 3.05) is 21.7 Å². The van der Waals surface area contributed by atoms with Crippen LogP contribution in [0.5, 0.6) is 5.75 Å². The summed E-state index contributed by atoms with van der Waals surface area (Å²) in [5.41, 5.74) is 11.3. The summed E-state index contributed by atoms with van der Waals surface area (Å²) in [5.74, 6) is 6.64. The fraction of sp³-hybridized carbons (Fsp3) is 0.125. The van der Waals surface area contributed by atoms with Gasteiger partial charge in [0.05, 0.1) is 22.1 Å². The number of anilines is 7. The molecule has 10 rings (SSSR count). The number of benzene rings is 3. The molecule has 3 aromatic carbocycles. The van der Waals surface area contributed by atoms with Crippen LogP contribution in [-0.4, -0.2) is 64.3 Å². The first-order chi connectivity index (χ1) is 27.8. The van der Waals surface area contributed by atoms with Crippen molar-refractivity contribution >= 4 is 63.1 Å². The van der Waals surface area contributed by atoms with E-state index in [1.54, 1.807) is 42.7 Å². The van der Waals surface area contributed by atoms with Gasteiger partial charge in [0, 0.05) is 54.0 Å². The number of para-hydroxylation sites is 4. The molecule has 0 radical (unpaired) electrons. The molecule has 17 heteroatoms. The summed E-state index contributed by atoms with van der Waals surface area (Å²) in [5, 5.41) is 27.0. The molecule has 6 aromatic heterocycles. The molecule has 282 valence electrons. The number of rotatable bonds is 9. The van der Waals surface area contributed by atoms with Crippen LogP contribution in [0.3, 0.4) is 0 Å². The lowest BCUT2D eigenvalue weighted by Crippen LogP contribution is -2.07. The van der Waals surface area contributed by atoms with Crippen molar-refractivity contribution in [3.63, 3.8) is 0 Å². The first kappa shape index (κ1) is 34.8. The van der Waals surface area contributed by atoms with Gasteiger partial charge in [-0.2, -0.15) is 5.10 Å². The van der Waals surface area contributed by atoms with E-state index in [9.17, 15) is 5.11 Å². The second kappa shape index (κ2) is 14.7. The summed E-state index contributed by atoms with van der Waals surface area (Å²) in [7, 11) is 0. The second-order valence-corrected chi connectivity index (χ2v) is 13.4. The Bertz CT molecular complexity index is 2840. The molecule has 57 heavy (non-hydrogen) atoms. The lowest BCUT2D eigenvalue weighted by molar-refractivity contribution is 0.475. The van der Waals surface area contributed by atoms with Crippen LogP contribution in [0.15, 0.2) is 109 Å². The molecule has 1 aliphatic carbocycles. The van der Waals surface area contributed by atoms with E-state index in [0.717, 1.165) is 33.6 Å². The molecule has 17 nitrogen and oxygen atoms in total. The van der Waals surface area contributed by atoms with Gasteiger partial charge < -0.3 is 26.8 Å². The van der Waals surface area contributed by atoms with Gasteiger partial charge in [0.2, 0.25) is 17.8 Å². The van der Waals surface area contributed by atoms with Crippen molar-refractivity contribution in [2.45, 2.75) is 32.6 Å². The highest BCUT2D eigenvalue weighted by Gasteiger charge is 2.26. The molecule has 0 unspecified atom stereocenters. The van der Waals surface area contributed by atoms with Gasteiger partial charge >= 0.3 is 0 Å². The molecule has 7 N–H and O–H groups in total. The van der Waals surface area contributed by atoms with Gasteiger partial charge in [-0.1, -0.05) is 30.3 Å². The van der Waals surface area contributed by atoms with E-state index < -0.39 is 0 Å². The third kappa shape index (κ3) is 7.57. The largest absolute Gasteiger partial charge is 0.508 e. The Morgan fingerprint density at radius 3 is 1.96 bits per heavy atom. The minimum absolute atomic E-state index is 0.167. The number of nitrogen functional groups attached to an aromatic ring is 1. The van der Waals surface area contributed by atoms with Crippen molar-refractivity contribution in [2.24, 2.45) is 0 Å². The standard InChI is InChI=1S/C22H18N8O.C18H18N8/c1-14-25-19(29-21-23-10-5-11-24-21)13-20(26-14)30-18-9-3-2-8-17(18)28-22(30)27-15-6-4-7-16(31)12-15;1-10-20-15(19)9-17(21-10)26-14-5-3-2-4-12(14)22-18(26)23-16-8-13(24-25-16)11-6-7-11/h2-13,31H,1H3,(H,27,28)(H,23,24,25,26,29);2-5,8-9,11H,6-7H2,1H3,(H2,19,20,21)(H2,22,23,24,25). The summed E-state index contributed by atoms with van der Waals surface area (Å²) < 4.78 is 3.84. The van der Waals surface area contributed by atoms with Gasteiger partial charge in [0.15, 0.2) is 5.82 Å². The number of phenolic OH excluding ortho intramolecular Hbond substituents is 1. The molecule has 0 bridgehead atoms. The number of phenols is 1. The van der Waals surface area contributed by atoms with E-state index in [1.807, 2.05) is 89.7 Å². The molecule has 1 aliphatic rings. The SMILES string of the molecule is Cc1nc(N)cc(-n2c(Nc3cc(C4CC4)[nH]n3)nc3ccccc32)n1.Cc1nc(Nc2ncccn2)cc(-n2c(Nc3cccc(O)c3)nc3ccccc32)n1. The lowest BCUT2D eigenvalue weighted by atomic mass is 10.3. The maximum absolute atomic E-state index is 9.82. The lowest BCUT2D eigenvalue weighted by Gasteiger charge is -2.12. The van der Waals surface area contributed by atoms with E-state index in [1.165, 1.54) is 12.8 Å². The van der Waals surface area contributed by atoms with Crippen LogP contribution in [0, 0.1) is 13.8 Å². The molecule has 1 fully saturated rings.